The molecule has 1 spiro atoms. The average molecular weight is 186 g/mol. The summed E-state index contributed by atoms with van der Waals surface area (Å²) in [7, 11) is 0. The van der Waals surface area contributed by atoms with E-state index in [1.165, 1.54) is 6.92 Å². The minimum atomic E-state index is -1.32. The Morgan fingerprint density at radius 1 is 1.54 bits per heavy atom. The summed E-state index contributed by atoms with van der Waals surface area (Å²) in [5.74, 6) is -0.353. The normalized spacial score (nSPS) is 50.1. The van der Waals surface area contributed by atoms with Gasteiger partial charge in [-0.3, -0.25) is 4.79 Å². The van der Waals surface area contributed by atoms with Crippen molar-refractivity contribution >= 4 is 5.97 Å². The highest BCUT2D eigenvalue weighted by Crippen LogP contribution is 2.52. The van der Waals surface area contributed by atoms with Crippen molar-refractivity contribution in [2.75, 3.05) is 6.61 Å². The molecular weight excluding hydrogens is 172 g/mol. The van der Waals surface area contributed by atoms with Crippen molar-refractivity contribution in [2.45, 2.75) is 37.9 Å². The van der Waals surface area contributed by atoms with Crippen LogP contribution in [0.5, 0.6) is 0 Å². The molecule has 2 N–H and O–H groups in total. The zero-order chi connectivity index (χ0) is 9.69. The van der Waals surface area contributed by atoms with E-state index in [2.05, 4.69) is 0 Å². The molecule has 13 heavy (non-hydrogen) atoms. The van der Waals surface area contributed by atoms with E-state index in [-0.39, 0.29) is 5.97 Å². The number of aliphatic hydroxyl groups is 2. The summed E-state index contributed by atoms with van der Waals surface area (Å²) < 4.78 is 4.86. The molecule has 1 heterocycles. The van der Waals surface area contributed by atoms with Crippen molar-refractivity contribution in [1.29, 1.82) is 0 Å². The molecule has 74 valence electrons. The van der Waals surface area contributed by atoms with Crippen LogP contribution in [0.15, 0.2) is 0 Å². The summed E-state index contributed by atoms with van der Waals surface area (Å²) in [5.41, 5.74) is -2.16. The van der Waals surface area contributed by atoms with E-state index >= 15 is 0 Å². The molecule has 1 aliphatic carbocycles. The van der Waals surface area contributed by atoms with Gasteiger partial charge >= 0.3 is 5.97 Å². The molecule has 3 atom stereocenters. The predicted octanol–water partition coefficient (Wildman–Crippen LogP) is -0.175. The summed E-state index contributed by atoms with van der Waals surface area (Å²) in [6.07, 6.45) is 0.719. The van der Waals surface area contributed by atoms with E-state index < -0.39 is 17.1 Å². The number of cyclic esters (lactones) is 1. The van der Waals surface area contributed by atoms with E-state index in [4.69, 9.17) is 4.74 Å². The third-order valence-electron chi connectivity index (χ3n) is 3.62. The molecule has 1 aliphatic heterocycles. The Hall–Kier alpha value is -0.610. The summed E-state index contributed by atoms with van der Waals surface area (Å²) in [5, 5.41) is 19.6. The van der Waals surface area contributed by atoms with E-state index in [1.807, 2.05) is 0 Å². The second-order valence-electron chi connectivity index (χ2n) is 4.17. The van der Waals surface area contributed by atoms with Gasteiger partial charge in [0, 0.05) is 6.42 Å². The first-order chi connectivity index (χ1) is 6.01. The van der Waals surface area contributed by atoms with Gasteiger partial charge in [0.1, 0.15) is 11.0 Å². The van der Waals surface area contributed by atoms with Gasteiger partial charge in [-0.2, -0.15) is 0 Å². The lowest BCUT2D eigenvalue weighted by atomic mass is 9.73. The predicted molar refractivity (Wildman–Crippen MR) is 43.9 cm³/mol. The van der Waals surface area contributed by atoms with Gasteiger partial charge in [-0.05, 0) is 19.8 Å². The third kappa shape index (κ3) is 0.901. The molecule has 1 unspecified atom stereocenters. The SMILES string of the molecule is C[C@@]1(O)[C@H](O)CCC12CCOC2=O. The minimum Gasteiger partial charge on any atom is -0.465 e. The molecule has 2 rings (SSSR count). The maximum atomic E-state index is 11.5. The first-order valence-corrected chi connectivity index (χ1v) is 4.58. The first kappa shape index (κ1) is 8.97. The van der Waals surface area contributed by atoms with Gasteiger partial charge in [0.2, 0.25) is 0 Å². The summed E-state index contributed by atoms with van der Waals surface area (Å²) in [6.45, 7) is 1.89. The Bertz CT molecular complexity index is 248. The minimum absolute atomic E-state index is 0.353. The van der Waals surface area contributed by atoms with Crippen LogP contribution in [-0.2, 0) is 9.53 Å². The van der Waals surface area contributed by atoms with E-state index in [0.717, 1.165) is 0 Å². The molecule has 0 aromatic rings. The van der Waals surface area contributed by atoms with Crippen molar-refractivity contribution in [3.63, 3.8) is 0 Å². The van der Waals surface area contributed by atoms with Crippen molar-refractivity contribution in [3.05, 3.63) is 0 Å². The van der Waals surface area contributed by atoms with Gasteiger partial charge in [-0.15, -0.1) is 0 Å². The van der Waals surface area contributed by atoms with E-state index in [0.29, 0.717) is 25.9 Å². The highest BCUT2D eigenvalue weighted by molar-refractivity contribution is 5.81. The molecule has 4 nitrogen and oxygen atoms in total. The van der Waals surface area contributed by atoms with Gasteiger partial charge < -0.3 is 14.9 Å². The number of ether oxygens (including phenoxy) is 1. The Morgan fingerprint density at radius 3 is 2.62 bits per heavy atom. The van der Waals surface area contributed by atoms with Gasteiger partial charge in [0.25, 0.3) is 0 Å². The van der Waals surface area contributed by atoms with Crippen molar-refractivity contribution in [2.24, 2.45) is 5.41 Å². The van der Waals surface area contributed by atoms with Crippen molar-refractivity contribution in [3.8, 4) is 0 Å². The summed E-state index contributed by atoms with van der Waals surface area (Å²) in [4.78, 5) is 11.5. The quantitative estimate of drug-likeness (QED) is 0.515. The monoisotopic (exact) mass is 186 g/mol. The van der Waals surface area contributed by atoms with Gasteiger partial charge in [0.15, 0.2) is 0 Å². The second-order valence-corrected chi connectivity index (χ2v) is 4.17. The lowest BCUT2D eigenvalue weighted by Crippen LogP contribution is -2.50. The molecule has 0 bridgehead atoms. The van der Waals surface area contributed by atoms with Crippen LogP contribution in [0.3, 0.4) is 0 Å². The van der Waals surface area contributed by atoms with Crippen LogP contribution in [0.2, 0.25) is 0 Å². The highest BCUT2D eigenvalue weighted by atomic mass is 16.5. The zero-order valence-electron chi connectivity index (χ0n) is 7.62. The fourth-order valence-corrected chi connectivity index (χ4v) is 2.48. The molecule has 0 aromatic heterocycles. The first-order valence-electron chi connectivity index (χ1n) is 4.58. The summed E-state index contributed by atoms with van der Waals surface area (Å²) >= 11 is 0. The molecule has 0 amide bonds. The number of rotatable bonds is 0. The molecule has 0 radical (unpaired) electrons. The number of aliphatic hydroxyl groups excluding tert-OH is 1. The Labute approximate surface area is 76.5 Å². The van der Waals surface area contributed by atoms with E-state index in [9.17, 15) is 15.0 Å². The molecule has 4 heteroatoms. The standard InChI is InChI=1S/C9H14O4/c1-8(12)6(10)2-3-9(8)4-5-13-7(9)11/h6,10,12H,2-5H2,1H3/t6-,8-,9?/m1/s1. The summed E-state index contributed by atoms with van der Waals surface area (Å²) in [6, 6.07) is 0. The van der Waals surface area contributed by atoms with Crippen LogP contribution in [0, 0.1) is 5.41 Å². The largest absolute Gasteiger partial charge is 0.465 e. The van der Waals surface area contributed by atoms with Gasteiger partial charge in [0.05, 0.1) is 12.7 Å². The topological polar surface area (TPSA) is 66.8 Å². The van der Waals surface area contributed by atoms with Crippen LogP contribution >= 0.6 is 0 Å². The Balaban J connectivity index is 2.38. The maximum Gasteiger partial charge on any atom is 0.315 e. The number of carbonyl (C=O) groups excluding carboxylic acids is 1. The fraction of sp³-hybridized carbons (Fsp3) is 0.889. The van der Waals surface area contributed by atoms with Crippen LogP contribution in [0.25, 0.3) is 0 Å². The lowest BCUT2D eigenvalue weighted by Gasteiger charge is -2.34. The van der Waals surface area contributed by atoms with Crippen molar-refractivity contribution in [1.82, 2.24) is 0 Å². The van der Waals surface area contributed by atoms with Crippen LogP contribution < -0.4 is 0 Å². The number of hydrogen-bond acceptors (Lipinski definition) is 4. The highest BCUT2D eigenvalue weighted by Gasteiger charge is 2.63. The maximum absolute atomic E-state index is 11.5. The molecule has 1 saturated carbocycles. The number of carbonyl (C=O) groups is 1. The van der Waals surface area contributed by atoms with Crippen LogP contribution in [-0.4, -0.2) is 34.5 Å². The lowest BCUT2D eigenvalue weighted by molar-refractivity contribution is -0.163. The number of esters is 1. The second kappa shape index (κ2) is 2.45. The number of hydrogen-bond donors (Lipinski definition) is 2. The average Bonchev–Trinajstić information content (AvgIpc) is 2.52. The van der Waals surface area contributed by atoms with Gasteiger partial charge in [-0.25, -0.2) is 0 Å². The smallest absolute Gasteiger partial charge is 0.315 e. The molecule has 0 aromatic carbocycles. The van der Waals surface area contributed by atoms with E-state index in [1.54, 1.807) is 0 Å². The molecule has 1 saturated heterocycles. The van der Waals surface area contributed by atoms with Crippen molar-refractivity contribution < 1.29 is 19.7 Å². The van der Waals surface area contributed by atoms with Gasteiger partial charge in [-0.1, -0.05) is 0 Å². The Kier molecular flexibility index (Phi) is 1.69. The molecule has 2 fully saturated rings. The Morgan fingerprint density at radius 2 is 2.23 bits per heavy atom. The third-order valence-corrected chi connectivity index (χ3v) is 3.62. The zero-order valence-corrected chi connectivity index (χ0v) is 7.62. The van der Waals surface area contributed by atoms with Crippen LogP contribution in [0.1, 0.15) is 26.2 Å². The molecular formula is C9H14O4. The fourth-order valence-electron chi connectivity index (χ4n) is 2.48. The van der Waals surface area contributed by atoms with Crippen LogP contribution in [0.4, 0.5) is 0 Å². The molecule has 2 aliphatic rings.